The standard InChI is InChI=1S/C14H17N3OS2/c1-18-12-7-3-2-5-11(12)6-4-9-17(13(15)19)14-16-8-10-20-14/h2-3,5,7-8,10H,4,6,9H2,1H3,(H2,15,19). The highest BCUT2D eigenvalue weighted by molar-refractivity contribution is 7.80. The molecule has 0 aliphatic rings. The molecule has 1 aromatic heterocycles. The molecule has 2 rings (SSSR count). The SMILES string of the molecule is COc1ccccc1CCCN(C(N)=S)c1nccs1. The lowest BCUT2D eigenvalue weighted by atomic mass is 10.1. The molecule has 1 heterocycles. The van der Waals surface area contributed by atoms with Crippen LogP contribution in [0.2, 0.25) is 0 Å². The Morgan fingerprint density at radius 3 is 2.90 bits per heavy atom. The summed E-state index contributed by atoms with van der Waals surface area (Å²) in [5.74, 6) is 0.920. The zero-order chi connectivity index (χ0) is 14.4. The molecule has 6 heteroatoms. The summed E-state index contributed by atoms with van der Waals surface area (Å²) in [7, 11) is 1.69. The minimum atomic E-state index is 0.361. The largest absolute Gasteiger partial charge is 0.496 e. The number of benzene rings is 1. The third kappa shape index (κ3) is 3.68. The fraction of sp³-hybridized carbons (Fsp3) is 0.286. The Kier molecular flexibility index (Phi) is 5.31. The first-order valence-corrected chi connectivity index (χ1v) is 7.59. The number of aromatic nitrogens is 1. The van der Waals surface area contributed by atoms with Gasteiger partial charge in [-0.05, 0) is 36.7 Å². The molecule has 0 saturated carbocycles. The zero-order valence-corrected chi connectivity index (χ0v) is 12.9. The van der Waals surface area contributed by atoms with Gasteiger partial charge in [-0.3, -0.25) is 4.90 Å². The van der Waals surface area contributed by atoms with Gasteiger partial charge in [-0.1, -0.05) is 18.2 Å². The Balaban J connectivity index is 1.95. The predicted molar refractivity (Wildman–Crippen MR) is 87.6 cm³/mol. The van der Waals surface area contributed by atoms with Crippen molar-refractivity contribution < 1.29 is 4.74 Å². The maximum Gasteiger partial charge on any atom is 0.191 e. The van der Waals surface area contributed by atoms with Gasteiger partial charge < -0.3 is 10.5 Å². The number of nitrogens with two attached hydrogens (primary N) is 1. The van der Waals surface area contributed by atoms with E-state index >= 15 is 0 Å². The average molecular weight is 307 g/mol. The number of aryl methyl sites for hydroxylation is 1. The molecule has 0 radical (unpaired) electrons. The van der Waals surface area contributed by atoms with Gasteiger partial charge >= 0.3 is 0 Å². The highest BCUT2D eigenvalue weighted by Gasteiger charge is 2.12. The Labute approximate surface area is 128 Å². The molecule has 0 saturated heterocycles. The van der Waals surface area contributed by atoms with Crippen LogP contribution in [-0.4, -0.2) is 23.8 Å². The van der Waals surface area contributed by atoms with Crippen molar-refractivity contribution in [2.24, 2.45) is 5.73 Å². The number of nitrogens with zero attached hydrogens (tertiary/aromatic N) is 2. The van der Waals surface area contributed by atoms with Gasteiger partial charge in [0, 0.05) is 18.1 Å². The van der Waals surface area contributed by atoms with Gasteiger partial charge in [-0.2, -0.15) is 0 Å². The molecule has 2 N–H and O–H groups in total. The first kappa shape index (κ1) is 14.7. The minimum Gasteiger partial charge on any atom is -0.496 e. The summed E-state index contributed by atoms with van der Waals surface area (Å²) in [5.41, 5.74) is 6.95. The summed E-state index contributed by atoms with van der Waals surface area (Å²) in [6.45, 7) is 0.751. The van der Waals surface area contributed by atoms with Crippen LogP contribution >= 0.6 is 23.6 Å². The van der Waals surface area contributed by atoms with Crippen LogP contribution in [0.3, 0.4) is 0 Å². The van der Waals surface area contributed by atoms with E-state index in [1.807, 2.05) is 28.5 Å². The fourth-order valence-electron chi connectivity index (χ4n) is 1.99. The van der Waals surface area contributed by atoms with E-state index in [0.29, 0.717) is 5.11 Å². The molecule has 0 aliphatic heterocycles. The molecule has 20 heavy (non-hydrogen) atoms. The van der Waals surface area contributed by atoms with Crippen LogP contribution in [0.4, 0.5) is 5.13 Å². The summed E-state index contributed by atoms with van der Waals surface area (Å²) < 4.78 is 5.35. The Hall–Kier alpha value is -1.66. The molecule has 2 aromatic rings. The zero-order valence-electron chi connectivity index (χ0n) is 11.3. The van der Waals surface area contributed by atoms with Crippen molar-refractivity contribution in [2.45, 2.75) is 12.8 Å². The maximum absolute atomic E-state index is 5.76. The summed E-state index contributed by atoms with van der Waals surface area (Å²) >= 11 is 6.63. The van der Waals surface area contributed by atoms with Crippen LogP contribution in [0.15, 0.2) is 35.8 Å². The Morgan fingerprint density at radius 1 is 1.45 bits per heavy atom. The minimum absolute atomic E-state index is 0.361. The lowest BCUT2D eigenvalue weighted by Crippen LogP contribution is -2.36. The summed E-state index contributed by atoms with van der Waals surface area (Å²) in [5, 5.41) is 3.12. The van der Waals surface area contributed by atoms with Gasteiger partial charge in [-0.25, -0.2) is 4.98 Å². The molecule has 1 aromatic carbocycles. The van der Waals surface area contributed by atoms with E-state index in [0.717, 1.165) is 30.3 Å². The fourth-order valence-corrected chi connectivity index (χ4v) is 2.90. The number of para-hydroxylation sites is 1. The number of thiazole rings is 1. The second-order valence-electron chi connectivity index (χ2n) is 4.22. The summed E-state index contributed by atoms with van der Waals surface area (Å²) in [6, 6.07) is 8.04. The summed E-state index contributed by atoms with van der Waals surface area (Å²) in [4.78, 5) is 6.12. The highest BCUT2D eigenvalue weighted by Crippen LogP contribution is 2.21. The summed E-state index contributed by atoms with van der Waals surface area (Å²) in [6.07, 6.45) is 3.59. The molecular weight excluding hydrogens is 290 g/mol. The topological polar surface area (TPSA) is 51.4 Å². The van der Waals surface area contributed by atoms with Crippen LogP contribution in [0.1, 0.15) is 12.0 Å². The average Bonchev–Trinajstić information content (AvgIpc) is 2.97. The third-order valence-corrected chi connectivity index (χ3v) is 3.95. The van der Waals surface area contributed by atoms with Crippen molar-refractivity contribution in [1.82, 2.24) is 4.98 Å². The normalized spacial score (nSPS) is 10.2. The van der Waals surface area contributed by atoms with Crippen LogP contribution in [0, 0.1) is 0 Å². The van der Waals surface area contributed by atoms with Gasteiger partial charge in [0.1, 0.15) is 5.75 Å². The number of hydrogen-bond acceptors (Lipinski definition) is 4. The quantitative estimate of drug-likeness (QED) is 0.832. The van der Waals surface area contributed by atoms with E-state index in [4.69, 9.17) is 22.7 Å². The second kappa shape index (κ2) is 7.21. The van der Waals surface area contributed by atoms with E-state index in [9.17, 15) is 0 Å². The van der Waals surface area contributed by atoms with E-state index in [-0.39, 0.29) is 0 Å². The lowest BCUT2D eigenvalue weighted by molar-refractivity contribution is 0.409. The molecular formula is C14H17N3OS2. The number of hydrogen-bond donors (Lipinski definition) is 1. The molecule has 106 valence electrons. The van der Waals surface area contributed by atoms with Crippen molar-refractivity contribution >= 4 is 33.8 Å². The molecule has 0 unspecified atom stereocenters. The van der Waals surface area contributed by atoms with E-state index in [2.05, 4.69) is 11.1 Å². The molecule has 0 spiro atoms. The van der Waals surface area contributed by atoms with Crippen molar-refractivity contribution in [3.63, 3.8) is 0 Å². The molecule has 0 atom stereocenters. The second-order valence-corrected chi connectivity index (χ2v) is 5.51. The Morgan fingerprint density at radius 2 is 2.25 bits per heavy atom. The smallest absolute Gasteiger partial charge is 0.191 e. The highest BCUT2D eigenvalue weighted by atomic mass is 32.1. The van der Waals surface area contributed by atoms with Crippen LogP contribution in [0.25, 0.3) is 0 Å². The number of thiocarbonyl (C=S) groups is 1. The van der Waals surface area contributed by atoms with Gasteiger partial charge in [-0.15, -0.1) is 11.3 Å². The predicted octanol–water partition coefficient (Wildman–Crippen LogP) is 2.83. The van der Waals surface area contributed by atoms with Gasteiger partial charge in [0.2, 0.25) is 0 Å². The van der Waals surface area contributed by atoms with Crippen molar-refractivity contribution in [3.8, 4) is 5.75 Å². The molecule has 0 bridgehead atoms. The molecule has 0 amide bonds. The number of anilines is 1. The van der Waals surface area contributed by atoms with Gasteiger partial charge in [0.15, 0.2) is 10.2 Å². The molecule has 4 nitrogen and oxygen atoms in total. The van der Waals surface area contributed by atoms with E-state index < -0.39 is 0 Å². The van der Waals surface area contributed by atoms with Crippen LogP contribution in [0.5, 0.6) is 5.75 Å². The van der Waals surface area contributed by atoms with Gasteiger partial charge in [0.05, 0.1) is 7.11 Å². The lowest BCUT2D eigenvalue weighted by Gasteiger charge is -2.19. The number of rotatable bonds is 6. The van der Waals surface area contributed by atoms with Crippen LogP contribution in [-0.2, 0) is 6.42 Å². The number of methoxy groups -OCH3 is 1. The monoisotopic (exact) mass is 307 g/mol. The third-order valence-electron chi connectivity index (χ3n) is 2.94. The number of ether oxygens (including phenoxy) is 1. The van der Waals surface area contributed by atoms with Gasteiger partial charge in [0.25, 0.3) is 0 Å². The molecule has 0 fully saturated rings. The van der Waals surface area contributed by atoms with E-state index in [1.165, 1.54) is 16.9 Å². The first-order chi connectivity index (χ1) is 9.72. The van der Waals surface area contributed by atoms with Crippen LogP contribution < -0.4 is 15.4 Å². The van der Waals surface area contributed by atoms with Crippen molar-refractivity contribution in [2.75, 3.05) is 18.6 Å². The van der Waals surface area contributed by atoms with Crippen molar-refractivity contribution in [3.05, 3.63) is 41.4 Å². The first-order valence-electron chi connectivity index (χ1n) is 6.30. The molecule has 0 aliphatic carbocycles. The maximum atomic E-state index is 5.76. The van der Waals surface area contributed by atoms with Crippen molar-refractivity contribution in [1.29, 1.82) is 0 Å². The Bertz CT molecular complexity index is 557. The van der Waals surface area contributed by atoms with E-state index in [1.54, 1.807) is 13.3 Å².